The van der Waals surface area contributed by atoms with E-state index >= 15 is 0 Å². The lowest BCUT2D eigenvalue weighted by molar-refractivity contribution is 0.509. The molecule has 0 amide bonds. The number of nitrogens with two attached hydrogens (primary N) is 1. The molecule has 1 aliphatic carbocycles. The van der Waals surface area contributed by atoms with E-state index in [1.165, 1.54) is 81.0 Å². The van der Waals surface area contributed by atoms with Gasteiger partial charge in [-0.1, -0.05) is 172 Å². The zero-order valence-corrected chi connectivity index (χ0v) is 35.7. The van der Waals surface area contributed by atoms with Gasteiger partial charge in [0.2, 0.25) is 0 Å². The Morgan fingerprint density at radius 2 is 1.16 bits per heavy atom. The van der Waals surface area contributed by atoms with Gasteiger partial charge in [-0.05, 0) is 138 Å². The molecule has 2 nitrogen and oxygen atoms in total. The second-order valence-corrected chi connectivity index (χ2v) is 18.2. The van der Waals surface area contributed by atoms with Gasteiger partial charge >= 0.3 is 0 Å². The number of fused-ring (bicyclic) bond motifs is 7. The number of thiophene rings is 1. The van der Waals surface area contributed by atoms with Crippen LogP contribution in [-0.4, -0.2) is 0 Å². The maximum absolute atomic E-state index is 7.01. The van der Waals surface area contributed by atoms with E-state index in [0.717, 1.165) is 22.3 Å². The number of hydrogen-bond acceptors (Lipinski definition) is 3. The molecule has 3 N–H and O–H groups in total. The monoisotopic (exact) mass is 814 g/mol. The van der Waals surface area contributed by atoms with E-state index in [0.29, 0.717) is 0 Å². The first kappa shape index (κ1) is 38.1. The Morgan fingerprint density at radius 3 is 1.98 bits per heavy atom. The highest BCUT2D eigenvalue weighted by atomic mass is 32.1. The number of nitrogens with one attached hydrogen (secondary N) is 1. The summed E-state index contributed by atoms with van der Waals surface area (Å²) in [5, 5.41) is 8.98. The van der Waals surface area contributed by atoms with E-state index in [9.17, 15) is 0 Å². The Labute approximate surface area is 367 Å². The molecule has 62 heavy (non-hydrogen) atoms. The molecule has 0 bridgehead atoms. The standard InChI is InChI=1S/C59H46N2S/c1-59(2)52-25-14-24-48(57(52)51-36-41-20-9-10-21-42(41)37-53(51)59)44-22-13-15-38(31-44)27-29-54(61-58(60)40-18-7-4-8-19-40)47-33-45(39-16-5-3-6-17-39)32-46(34-47)43-28-30-56-50(35-43)49-23-11-12-26-55(49)62-56/h3-37,54,58,61H,60H2,1-2H3/b29-27+. The van der Waals surface area contributed by atoms with Crippen molar-refractivity contribution in [3.8, 4) is 44.5 Å². The Hall–Kier alpha value is -6.88. The average Bonchev–Trinajstić information content (AvgIpc) is 3.81. The van der Waals surface area contributed by atoms with Crippen LogP contribution in [0.4, 0.5) is 0 Å². The fraction of sp³-hybridized carbons (Fsp3) is 0.0847. The lowest BCUT2D eigenvalue weighted by Gasteiger charge is -2.23. The van der Waals surface area contributed by atoms with Gasteiger partial charge in [-0.3, -0.25) is 5.32 Å². The van der Waals surface area contributed by atoms with E-state index < -0.39 is 0 Å². The van der Waals surface area contributed by atoms with Crippen LogP contribution < -0.4 is 11.1 Å². The highest BCUT2D eigenvalue weighted by Crippen LogP contribution is 2.53. The van der Waals surface area contributed by atoms with Crippen molar-refractivity contribution >= 4 is 48.4 Å². The Bertz CT molecular complexity index is 3320. The molecular weight excluding hydrogens is 769 g/mol. The van der Waals surface area contributed by atoms with Crippen molar-refractivity contribution in [2.45, 2.75) is 31.5 Å². The van der Waals surface area contributed by atoms with E-state index in [-0.39, 0.29) is 17.6 Å². The molecule has 3 heteroatoms. The molecule has 1 aliphatic rings. The van der Waals surface area contributed by atoms with Crippen LogP contribution in [0.1, 0.15) is 53.9 Å². The molecule has 1 heterocycles. The third-order valence-corrected chi connectivity index (χ3v) is 14.0. The summed E-state index contributed by atoms with van der Waals surface area (Å²) in [6.07, 6.45) is 4.15. The van der Waals surface area contributed by atoms with Gasteiger partial charge in [-0.15, -0.1) is 11.3 Å². The second kappa shape index (κ2) is 15.5. The second-order valence-electron chi connectivity index (χ2n) is 17.1. The summed E-state index contributed by atoms with van der Waals surface area (Å²) in [4.78, 5) is 0. The lowest BCUT2D eigenvalue weighted by atomic mass is 9.81. The van der Waals surface area contributed by atoms with Crippen molar-refractivity contribution in [2.24, 2.45) is 5.73 Å². The first-order chi connectivity index (χ1) is 30.4. The molecular formula is C59H46N2S. The van der Waals surface area contributed by atoms with Crippen LogP contribution >= 0.6 is 11.3 Å². The van der Waals surface area contributed by atoms with E-state index in [1.807, 2.05) is 29.5 Å². The Morgan fingerprint density at radius 1 is 0.484 bits per heavy atom. The highest BCUT2D eigenvalue weighted by Gasteiger charge is 2.37. The molecule has 10 aromatic rings. The van der Waals surface area contributed by atoms with E-state index in [1.54, 1.807) is 0 Å². The maximum atomic E-state index is 7.01. The number of benzene rings is 9. The predicted octanol–water partition coefficient (Wildman–Crippen LogP) is 15.5. The predicted molar refractivity (Wildman–Crippen MR) is 265 cm³/mol. The Balaban J connectivity index is 1.02. The first-order valence-corrected chi connectivity index (χ1v) is 22.3. The fourth-order valence-corrected chi connectivity index (χ4v) is 10.7. The minimum absolute atomic E-state index is 0.102. The summed E-state index contributed by atoms with van der Waals surface area (Å²) in [5.74, 6) is 0. The SMILES string of the molecule is CC1(C)c2cc3ccccc3cc2-c2c(-c3cccc(/C=C/C(NC(N)c4ccccc4)c4cc(-c5ccccc5)cc(-c5ccc6sc7ccccc7c6c5)c4)c3)cccc21. The van der Waals surface area contributed by atoms with Gasteiger partial charge in [-0.2, -0.15) is 0 Å². The lowest BCUT2D eigenvalue weighted by Crippen LogP contribution is -2.31. The topological polar surface area (TPSA) is 38.0 Å². The van der Waals surface area contributed by atoms with Gasteiger partial charge in [0.25, 0.3) is 0 Å². The molecule has 0 spiro atoms. The largest absolute Gasteiger partial charge is 0.312 e. The van der Waals surface area contributed by atoms with Crippen LogP contribution in [0.2, 0.25) is 0 Å². The van der Waals surface area contributed by atoms with Gasteiger partial charge in [-0.25, -0.2) is 0 Å². The summed E-state index contributed by atoms with van der Waals surface area (Å²) < 4.78 is 2.61. The van der Waals surface area contributed by atoms with Gasteiger partial charge in [0.05, 0.1) is 12.2 Å². The average molecular weight is 815 g/mol. The number of hydrogen-bond donors (Lipinski definition) is 2. The smallest absolute Gasteiger partial charge is 0.0817 e. The fourth-order valence-electron chi connectivity index (χ4n) is 9.64. The third kappa shape index (κ3) is 6.85. The molecule has 1 aromatic heterocycles. The van der Waals surface area contributed by atoms with Crippen molar-refractivity contribution in [1.29, 1.82) is 0 Å². The first-order valence-electron chi connectivity index (χ1n) is 21.5. The molecule has 0 saturated heterocycles. The van der Waals surface area contributed by atoms with Crippen molar-refractivity contribution in [1.82, 2.24) is 5.32 Å². The molecule has 0 saturated carbocycles. The minimum atomic E-state index is -0.388. The van der Waals surface area contributed by atoms with Gasteiger partial charge in [0.15, 0.2) is 0 Å². The molecule has 2 atom stereocenters. The molecule has 298 valence electrons. The van der Waals surface area contributed by atoms with Crippen molar-refractivity contribution in [3.05, 3.63) is 234 Å². The normalized spacial score (nSPS) is 14.0. The van der Waals surface area contributed by atoms with Crippen LogP contribution in [0.15, 0.2) is 206 Å². The highest BCUT2D eigenvalue weighted by molar-refractivity contribution is 7.25. The summed E-state index contributed by atoms with van der Waals surface area (Å²) in [6, 6.07) is 72.8. The molecule has 9 aromatic carbocycles. The molecule has 11 rings (SSSR count). The summed E-state index contributed by atoms with van der Waals surface area (Å²) >= 11 is 1.85. The maximum Gasteiger partial charge on any atom is 0.0817 e. The minimum Gasteiger partial charge on any atom is -0.312 e. The molecule has 0 radical (unpaired) electrons. The van der Waals surface area contributed by atoms with Crippen LogP contribution in [0, 0.1) is 0 Å². The molecule has 2 unspecified atom stereocenters. The molecule has 0 aliphatic heterocycles. The summed E-state index contributed by atoms with van der Waals surface area (Å²) in [5.41, 5.74) is 22.8. The van der Waals surface area contributed by atoms with Crippen molar-refractivity contribution in [3.63, 3.8) is 0 Å². The quantitative estimate of drug-likeness (QED) is 0.142. The van der Waals surface area contributed by atoms with E-state index in [2.05, 4.69) is 213 Å². The zero-order valence-electron chi connectivity index (χ0n) is 34.8. The zero-order chi connectivity index (χ0) is 41.8. The van der Waals surface area contributed by atoms with Crippen LogP contribution in [0.25, 0.3) is 81.5 Å². The van der Waals surface area contributed by atoms with Crippen molar-refractivity contribution in [2.75, 3.05) is 0 Å². The van der Waals surface area contributed by atoms with Crippen LogP contribution in [0.5, 0.6) is 0 Å². The van der Waals surface area contributed by atoms with E-state index in [4.69, 9.17) is 5.73 Å². The number of rotatable bonds is 9. The van der Waals surface area contributed by atoms with Crippen LogP contribution in [0.3, 0.4) is 0 Å². The Kier molecular flexibility index (Phi) is 9.54. The summed E-state index contributed by atoms with van der Waals surface area (Å²) in [7, 11) is 0. The third-order valence-electron chi connectivity index (χ3n) is 12.9. The molecule has 0 fully saturated rings. The van der Waals surface area contributed by atoms with Gasteiger partial charge in [0.1, 0.15) is 0 Å². The van der Waals surface area contributed by atoms with Crippen LogP contribution in [-0.2, 0) is 5.41 Å². The van der Waals surface area contributed by atoms with Crippen molar-refractivity contribution < 1.29 is 0 Å². The van der Waals surface area contributed by atoms with Gasteiger partial charge < -0.3 is 5.73 Å². The van der Waals surface area contributed by atoms with Gasteiger partial charge in [0, 0.05) is 25.6 Å². The summed E-state index contributed by atoms with van der Waals surface area (Å²) in [6.45, 7) is 4.73.